The molecule has 0 aliphatic rings. The third kappa shape index (κ3) is 13.7. The standard InChI is InChI=1S/C70H38/c1-3-7-55(8-4-1)11-13-57-15-19-59(20-16-57)23-25-61-27-31-63(32-28-61)35-37-65-39-43-67(44-40-65)47-49-69-51-53-70(54-52-69)50-48-68-45-41-66(42-46-68)38-36-64-33-29-62(30-34-64)26-24-60-21-17-58(18-22-60)14-12-56-9-5-2-6-10-56/h1-10,15-22,27-34,39-46,51-54H. The molecule has 0 saturated carbocycles. The predicted molar refractivity (Wildman–Crippen MR) is 286 cm³/mol. The Balaban J connectivity index is 0.723. The van der Waals surface area contributed by atoms with Crippen molar-refractivity contribution in [2.24, 2.45) is 0 Å². The van der Waals surface area contributed by atoms with Gasteiger partial charge in [-0.3, -0.25) is 0 Å². The van der Waals surface area contributed by atoms with E-state index in [2.05, 4.69) is 94.7 Å². The molecule has 0 aliphatic carbocycles. The first-order valence-corrected chi connectivity index (χ1v) is 22.6. The van der Waals surface area contributed by atoms with Crippen molar-refractivity contribution in [2.45, 2.75) is 0 Å². The second-order valence-electron chi connectivity index (χ2n) is 15.8. The minimum absolute atomic E-state index is 0.919. The Morgan fingerprint density at radius 3 is 0.286 bits per heavy atom. The second-order valence-corrected chi connectivity index (χ2v) is 15.8. The first-order valence-electron chi connectivity index (χ1n) is 22.6. The normalized spacial score (nSPS) is 9.37. The topological polar surface area (TPSA) is 0 Å². The number of benzene rings is 9. The van der Waals surface area contributed by atoms with Crippen molar-refractivity contribution in [3.63, 3.8) is 0 Å². The summed E-state index contributed by atoms with van der Waals surface area (Å²) in [6.07, 6.45) is 0. The van der Waals surface area contributed by atoms with E-state index in [1.165, 1.54) is 0 Å². The molecule has 0 heterocycles. The maximum absolute atomic E-state index is 3.26. The number of hydrogen-bond acceptors (Lipinski definition) is 0. The third-order valence-corrected chi connectivity index (χ3v) is 10.6. The average Bonchev–Trinajstić information content (AvgIpc) is 3.43. The molecule has 70 heavy (non-hydrogen) atoms. The van der Waals surface area contributed by atoms with Crippen LogP contribution in [0.5, 0.6) is 0 Å². The van der Waals surface area contributed by atoms with Crippen LogP contribution in [0.25, 0.3) is 0 Å². The van der Waals surface area contributed by atoms with Crippen molar-refractivity contribution in [1.29, 1.82) is 0 Å². The minimum atomic E-state index is 0.919. The molecule has 0 amide bonds. The summed E-state index contributed by atoms with van der Waals surface area (Å²) in [6.45, 7) is 0. The summed E-state index contributed by atoms with van der Waals surface area (Å²) in [5.41, 5.74) is 15.0. The fraction of sp³-hybridized carbons (Fsp3) is 0. The van der Waals surface area contributed by atoms with Gasteiger partial charge < -0.3 is 0 Å². The highest BCUT2D eigenvalue weighted by Gasteiger charge is 1.97. The van der Waals surface area contributed by atoms with Crippen LogP contribution in [0.15, 0.2) is 231 Å². The molecule has 0 atom stereocenters. The maximum atomic E-state index is 3.26. The average molecular weight is 879 g/mol. The van der Waals surface area contributed by atoms with Crippen LogP contribution in [0.3, 0.4) is 0 Å². The van der Waals surface area contributed by atoms with Crippen molar-refractivity contribution < 1.29 is 0 Å². The van der Waals surface area contributed by atoms with E-state index in [0.29, 0.717) is 0 Å². The van der Waals surface area contributed by atoms with Gasteiger partial charge in [0.1, 0.15) is 0 Å². The van der Waals surface area contributed by atoms with Crippen molar-refractivity contribution in [1.82, 2.24) is 0 Å². The van der Waals surface area contributed by atoms with Crippen molar-refractivity contribution in [3.8, 4) is 94.7 Å². The van der Waals surface area contributed by atoms with Crippen LogP contribution in [-0.4, -0.2) is 0 Å². The molecule has 0 radical (unpaired) electrons. The lowest BCUT2D eigenvalue weighted by molar-refractivity contribution is 1.57. The first-order chi connectivity index (χ1) is 34.6. The zero-order chi connectivity index (χ0) is 47.4. The Kier molecular flexibility index (Phi) is 14.7. The Bertz CT molecular complexity index is 3540. The van der Waals surface area contributed by atoms with E-state index in [4.69, 9.17) is 0 Å². The van der Waals surface area contributed by atoms with E-state index in [1.54, 1.807) is 0 Å². The Labute approximate surface area is 412 Å². The van der Waals surface area contributed by atoms with Gasteiger partial charge in [-0.05, 0) is 194 Å². The molecular formula is C70H38. The van der Waals surface area contributed by atoms with Gasteiger partial charge in [-0.15, -0.1) is 0 Å². The van der Waals surface area contributed by atoms with Gasteiger partial charge >= 0.3 is 0 Å². The zero-order valence-electron chi connectivity index (χ0n) is 37.9. The molecule has 0 N–H and O–H groups in total. The third-order valence-electron chi connectivity index (χ3n) is 10.6. The number of rotatable bonds is 0. The Morgan fingerprint density at radius 2 is 0.186 bits per heavy atom. The van der Waals surface area contributed by atoms with Gasteiger partial charge in [-0.1, -0.05) is 131 Å². The van der Waals surface area contributed by atoms with Gasteiger partial charge in [-0.2, -0.15) is 0 Å². The van der Waals surface area contributed by atoms with Crippen LogP contribution >= 0.6 is 0 Å². The molecule has 9 aromatic rings. The van der Waals surface area contributed by atoms with E-state index in [-0.39, 0.29) is 0 Å². The van der Waals surface area contributed by atoms with Gasteiger partial charge in [0.15, 0.2) is 0 Å². The lowest BCUT2D eigenvalue weighted by atomic mass is 10.1. The summed E-state index contributed by atoms with van der Waals surface area (Å²) in [4.78, 5) is 0. The molecule has 0 bridgehead atoms. The largest absolute Gasteiger partial charge is 0.0622 e. The van der Waals surface area contributed by atoms with Crippen molar-refractivity contribution in [2.75, 3.05) is 0 Å². The summed E-state index contributed by atoms with van der Waals surface area (Å²) in [6, 6.07) is 75.9. The highest BCUT2D eigenvalue weighted by atomic mass is 14.0. The molecule has 318 valence electrons. The lowest BCUT2D eigenvalue weighted by Crippen LogP contribution is -1.81. The van der Waals surface area contributed by atoms with Crippen LogP contribution < -0.4 is 0 Å². The monoisotopic (exact) mass is 878 g/mol. The van der Waals surface area contributed by atoms with Crippen LogP contribution in [0.2, 0.25) is 0 Å². The van der Waals surface area contributed by atoms with Crippen molar-refractivity contribution >= 4 is 0 Å². The molecule has 0 aromatic heterocycles. The molecule has 0 aliphatic heterocycles. The summed E-state index contributed by atoms with van der Waals surface area (Å²) >= 11 is 0. The molecule has 0 nitrogen and oxygen atoms in total. The Morgan fingerprint density at radius 1 is 0.100 bits per heavy atom. The van der Waals surface area contributed by atoms with E-state index in [9.17, 15) is 0 Å². The van der Waals surface area contributed by atoms with Gasteiger partial charge in [-0.25, -0.2) is 0 Å². The van der Waals surface area contributed by atoms with E-state index in [1.807, 2.05) is 231 Å². The molecular weight excluding hydrogens is 841 g/mol. The van der Waals surface area contributed by atoms with Crippen LogP contribution in [-0.2, 0) is 0 Å². The lowest BCUT2D eigenvalue weighted by Gasteiger charge is -1.95. The highest BCUT2D eigenvalue weighted by molar-refractivity contribution is 5.54. The highest BCUT2D eigenvalue weighted by Crippen LogP contribution is 2.11. The fourth-order valence-corrected chi connectivity index (χ4v) is 6.66. The van der Waals surface area contributed by atoms with Crippen LogP contribution in [0, 0.1) is 94.7 Å². The van der Waals surface area contributed by atoms with E-state index >= 15 is 0 Å². The minimum Gasteiger partial charge on any atom is -0.0622 e. The molecule has 0 fully saturated rings. The number of hydrogen-bond donors (Lipinski definition) is 0. The van der Waals surface area contributed by atoms with E-state index < -0.39 is 0 Å². The molecule has 0 unspecified atom stereocenters. The van der Waals surface area contributed by atoms with Crippen molar-refractivity contribution in [3.05, 3.63) is 320 Å². The molecule has 9 aromatic carbocycles. The van der Waals surface area contributed by atoms with Crippen LogP contribution in [0.4, 0.5) is 0 Å². The van der Waals surface area contributed by atoms with Gasteiger partial charge in [0.25, 0.3) is 0 Å². The quantitative estimate of drug-likeness (QED) is 0.133. The summed E-state index contributed by atoms with van der Waals surface area (Å²) in [5.74, 6) is 51.8. The summed E-state index contributed by atoms with van der Waals surface area (Å²) < 4.78 is 0. The Hall–Kier alpha value is -10.5. The van der Waals surface area contributed by atoms with E-state index in [0.717, 1.165) is 89.0 Å². The SMILES string of the molecule is C(#Cc1ccc(C#Cc2ccc(C#Cc3ccc(C#Cc4ccc(C#Cc5ccc(C#Cc6ccc(C#Cc7ccc(C#Cc8ccccc8)cc7)cc6)cc5)cc4)cc3)cc2)cc1)c1ccccc1. The first kappa shape index (κ1) is 44.7. The molecule has 0 saturated heterocycles. The zero-order valence-corrected chi connectivity index (χ0v) is 37.9. The van der Waals surface area contributed by atoms with Gasteiger partial charge in [0.05, 0.1) is 0 Å². The molecule has 0 heteroatoms. The molecule has 9 rings (SSSR count). The summed E-state index contributed by atoms with van der Waals surface area (Å²) in [7, 11) is 0. The maximum Gasteiger partial charge on any atom is 0.0249 e. The smallest absolute Gasteiger partial charge is 0.0249 e. The van der Waals surface area contributed by atoms with Gasteiger partial charge in [0, 0.05) is 89.0 Å². The van der Waals surface area contributed by atoms with Gasteiger partial charge in [0.2, 0.25) is 0 Å². The molecule has 0 spiro atoms. The predicted octanol–water partition coefficient (Wildman–Crippen LogP) is 12.9. The summed E-state index contributed by atoms with van der Waals surface area (Å²) in [5, 5.41) is 0. The fourth-order valence-electron chi connectivity index (χ4n) is 6.66. The van der Waals surface area contributed by atoms with Crippen LogP contribution in [0.1, 0.15) is 89.0 Å². The second kappa shape index (κ2) is 23.1.